The number of aromatic nitrogens is 2. The average molecular weight is 551 g/mol. The SMILES string of the molecule is CCCCCCCCCCNC(=O)c1cc(C(O)CN2CCC(n3c(=O)[nH]c4ccccc43)CC2)ccc1OC. The van der Waals surface area contributed by atoms with Crippen LogP contribution in [0.3, 0.4) is 0 Å². The summed E-state index contributed by atoms with van der Waals surface area (Å²) in [5.74, 6) is 0.341. The first kappa shape index (κ1) is 29.9. The van der Waals surface area contributed by atoms with Crippen LogP contribution in [0.1, 0.15) is 99.2 Å². The Morgan fingerprint density at radius 3 is 2.48 bits per heavy atom. The number of carbonyl (C=O) groups is 1. The second-order valence-corrected chi connectivity index (χ2v) is 11.1. The fourth-order valence-electron chi connectivity index (χ4n) is 5.81. The van der Waals surface area contributed by atoms with Crippen LogP contribution < -0.4 is 15.7 Å². The van der Waals surface area contributed by atoms with Gasteiger partial charge in [0.15, 0.2) is 0 Å². The van der Waals surface area contributed by atoms with Crippen LogP contribution >= 0.6 is 0 Å². The average Bonchev–Trinajstić information content (AvgIpc) is 3.31. The third-order valence-electron chi connectivity index (χ3n) is 8.15. The highest BCUT2D eigenvalue weighted by Crippen LogP contribution is 2.28. The van der Waals surface area contributed by atoms with Crippen molar-refractivity contribution in [3.63, 3.8) is 0 Å². The fraction of sp³-hybridized carbons (Fsp3) is 0.562. The van der Waals surface area contributed by atoms with Crippen LogP contribution in [-0.2, 0) is 0 Å². The number of methoxy groups -OCH3 is 1. The maximum Gasteiger partial charge on any atom is 0.326 e. The highest BCUT2D eigenvalue weighted by atomic mass is 16.5. The van der Waals surface area contributed by atoms with E-state index >= 15 is 0 Å². The Morgan fingerprint density at radius 1 is 1.05 bits per heavy atom. The molecule has 1 aromatic heterocycles. The molecule has 1 saturated heterocycles. The summed E-state index contributed by atoms with van der Waals surface area (Å²) < 4.78 is 7.33. The number of β-amino-alcohol motifs (C(OH)–C–C–N with tert-alkyl or cyclic N) is 1. The smallest absolute Gasteiger partial charge is 0.326 e. The molecule has 0 saturated carbocycles. The zero-order valence-electron chi connectivity index (χ0n) is 24.2. The van der Waals surface area contributed by atoms with Gasteiger partial charge in [-0.15, -0.1) is 0 Å². The highest BCUT2D eigenvalue weighted by Gasteiger charge is 2.25. The molecular weight excluding hydrogens is 504 g/mol. The van der Waals surface area contributed by atoms with Crippen molar-refractivity contribution in [1.29, 1.82) is 0 Å². The molecule has 3 N–H and O–H groups in total. The van der Waals surface area contributed by atoms with Crippen LogP contribution in [0.25, 0.3) is 11.0 Å². The van der Waals surface area contributed by atoms with E-state index in [2.05, 4.69) is 22.1 Å². The van der Waals surface area contributed by atoms with E-state index < -0.39 is 6.10 Å². The second kappa shape index (κ2) is 15.1. The molecule has 2 aromatic carbocycles. The minimum Gasteiger partial charge on any atom is -0.496 e. The maximum absolute atomic E-state index is 13.0. The van der Waals surface area contributed by atoms with Crippen molar-refractivity contribution in [2.24, 2.45) is 0 Å². The van der Waals surface area contributed by atoms with E-state index in [-0.39, 0.29) is 17.6 Å². The number of imidazole rings is 1. The van der Waals surface area contributed by atoms with Gasteiger partial charge in [0.25, 0.3) is 5.91 Å². The van der Waals surface area contributed by atoms with Crippen LogP contribution in [0.2, 0.25) is 0 Å². The largest absolute Gasteiger partial charge is 0.496 e. The first-order chi connectivity index (χ1) is 19.5. The topological polar surface area (TPSA) is 99.6 Å². The van der Waals surface area contributed by atoms with Crippen molar-refractivity contribution in [1.82, 2.24) is 19.8 Å². The number of rotatable bonds is 15. The van der Waals surface area contributed by atoms with Gasteiger partial charge in [0, 0.05) is 32.2 Å². The molecule has 0 aliphatic carbocycles. The van der Waals surface area contributed by atoms with Gasteiger partial charge in [0.2, 0.25) is 0 Å². The van der Waals surface area contributed by atoms with Crippen molar-refractivity contribution < 1.29 is 14.6 Å². The van der Waals surface area contributed by atoms with E-state index in [1.54, 1.807) is 19.2 Å². The number of piperidine rings is 1. The van der Waals surface area contributed by atoms with Gasteiger partial charge < -0.3 is 25.0 Å². The van der Waals surface area contributed by atoms with E-state index in [1.807, 2.05) is 34.9 Å². The number of hydrogen-bond donors (Lipinski definition) is 3. The van der Waals surface area contributed by atoms with Gasteiger partial charge in [-0.25, -0.2) is 4.79 Å². The van der Waals surface area contributed by atoms with Gasteiger partial charge in [-0.05, 0) is 49.1 Å². The Kier molecular flexibility index (Phi) is 11.2. The van der Waals surface area contributed by atoms with Gasteiger partial charge in [0.1, 0.15) is 5.75 Å². The lowest BCUT2D eigenvalue weighted by atomic mass is 10.0. The quantitative estimate of drug-likeness (QED) is 0.215. The molecule has 218 valence electrons. The predicted molar refractivity (Wildman–Crippen MR) is 160 cm³/mol. The van der Waals surface area contributed by atoms with Crippen LogP contribution in [0.5, 0.6) is 5.75 Å². The summed E-state index contributed by atoms with van der Waals surface area (Å²) in [6.07, 6.45) is 10.7. The Labute approximate surface area is 237 Å². The van der Waals surface area contributed by atoms with E-state index in [0.29, 0.717) is 30.0 Å². The van der Waals surface area contributed by atoms with Crippen molar-refractivity contribution in [2.75, 3.05) is 33.3 Å². The molecule has 8 heteroatoms. The first-order valence-electron chi connectivity index (χ1n) is 15.1. The zero-order chi connectivity index (χ0) is 28.3. The lowest BCUT2D eigenvalue weighted by Crippen LogP contribution is -2.39. The van der Waals surface area contributed by atoms with Gasteiger partial charge >= 0.3 is 5.69 Å². The number of amides is 1. The molecule has 1 unspecified atom stereocenters. The number of ether oxygens (including phenoxy) is 1. The molecule has 8 nitrogen and oxygen atoms in total. The predicted octanol–water partition coefficient (Wildman–Crippen LogP) is 5.58. The Balaban J connectivity index is 1.26. The van der Waals surface area contributed by atoms with E-state index in [4.69, 9.17) is 4.74 Å². The van der Waals surface area contributed by atoms with Gasteiger partial charge in [-0.2, -0.15) is 0 Å². The standard InChI is InChI=1S/C32H46N4O4/c1-3-4-5-6-7-8-9-12-19-33-31(38)26-22-24(15-16-30(26)40-2)29(37)23-35-20-17-25(18-21-35)36-28-14-11-10-13-27(28)34-32(36)39/h10-11,13-16,22,25,29,37H,3-9,12,17-21,23H2,1-2H3,(H,33,38)(H,34,39). The molecule has 4 rings (SSSR count). The van der Waals surface area contributed by atoms with Gasteiger partial charge in [-0.3, -0.25) is 9.36 Å². The Hall–Kier alpha value is -3.10. The number of nitrogens with zero attached hydrogens (tertiary/aromatic N) is 2. The minimum absolute atomic E-state index is 0.0638. The van der Waals surface area contributed by atoms with Crippen molar-refractivity contribution in [3.05, 3.63) is 64.1 Å². The molecule has 2 heterocycles. The number of likely N-dealkylation sites (tertiary alicyclic amines) is 1. The van der Waals surface area contributed by atoms with Crippen LogP contribution in [0.4, 0.5) is 0 Å². The molecule has 0 radical (unpaired) electrons. The van der Waals surface area contributed by atoms with Crippen molar-refractivity contribution in [2.45, 2.75) is 83.3 Å². The Morgan fingerprint density at radius 2 is 1.75 bits per heavy atom. The maximum atomic E-state index is 13.0. The van der Waals surface area contributed by atoms with Gasteiger partial charge in [0.05, 0.1) is 29.8 Å². The van der Waals surface area contributed by atoms with E-state index in [9.17, 15) is 14.7 Å². The normalized spacial score (nSPS) is 15.4. The number of H-pyrrole nitrogens is 1. The summed E-state index contributed by atoms with van der Waals surface area (Å²) in [6, 6.07) is 13.3. The van der Waals surface area contributed by atoms with Crippen molar-refractivity contribution >= 4 is 16.9 Å². The number of unbranched alkanes of at least 4 members (excludes halogenated alkanes) is 7. The number of para-hydroxylation sites is 2. The number of aliphatic hydroxyl groups excluding tert-OH is 1. The summed E-state index contributed by atoms with van der Waals surface area (Å²) in [7, 11) is 1.56. The summed E-state index contributed by atoms with van der Waals surface area (Å²) in [5, 5.41) is 14.1. The molecule has 1 fully saturated rings. The molecule has 1 aliphatic heterocycles. The number of nitrogens with one attached hydrogen (secondary N) is 2. The lowest BCUT2D eigenvalue weighted by molar-refractivity contribution is 0.0901. The number of aliphatic hydroxyl groups is 1. The molecule has 1 aliphatic rings. The van der Waals surface area contributed by atoms with Crippen LogP contribution in [0, 0.1) is 0 Å². The molecule has 0 bridgehead atoms. The molecule has 0 spiro atoms. The third kappa shape index (κ3) is 7.76. The number of benzene rings is 2. The number of fused-ring (bicyclic) bond motifs is 1. The second-order valence-electron chi connectivity index (χ2n) is 11.1. The molecule has 1 amide bonds. The fourth-order valence-corrected chi connectivity index (χ4v) is 5.81. The lowest BCUT2D eigenvalue weighted by Gasteiger charge is -2.33. The zero-order valence-corrected chi connectivity index (χ0v) is 24.2. The van der Waals surface area contributed by atoms with Crippen molar-refractivity contribution in [3.8, 4) is 5.75 Å². The number of aromatic amines is 1. The highest BCUT2D eigenvalue weighted by molar-refractivity contribution is 5.97. The minimum atomic E-state index is -0.725. The molecule has 40 heavy (non-hydrogen) atoms. The van der Waals surface area contributed by atoms with Crippen LogP contribution in [0.15, 0.2) is 47.3 Å². The first-order valence-corrected chi connectivity index (χ1v) is 15.1. The third-order valence-corrected chi connectivity index (χ3v) is 8.15. The summed E-state index contributed by atoms with van der Waals surface area (Å²) >= 11 is 0. The number of carbonyl (C=O) groups excluding carboxylic acids is 1. The summed E-state index contributed by atoms with van der Waals surface area (Å²) in [6.45, 7) is 4.92. The van der Waals surface area contributed by atoms with E-state index in [1.165, 1.54) is 38.5 Å². The van der Waals surface area contributed by atoms with E-state index in [0.717, 1.165) is 49.8 Å². The summed E-state index contributed by atoms with van der Waals surface area (Å²) in [4.78, 5) is 30.7. The van der Waals surface area contributed by atoms with Gasteiger partial charge in [-0.1, -0.05) is 70.1 Å². The molecule has 1 atom stereocenters. The number of hydrogen-bond acceptors (Lipinski definition) is 5. The molecule has 3 aromatic rings. The summed E-state index contributed by atoms with van der Waals surface area (Å²) in [5.41, 5.74) is 2.90. The van der Waals surface area contributed by atoms with Crippen LogP contribution in [-0.4, -0.2) is 58.8 Å². The monoisotopic (exact) mass is 550 g/mol. The Bertz CT molecular complexity index is 1280. The molecular formula is C32H46N4O4.